The maximum absolute atomic E-state index is 5.70. The van der Waals surface area contributed by atoms with Crippen LogP contribution in [0.3, 0.4) is 0 Å². The van der Waals surface area contributed by atoms with Gasteiger partial charge in [-0.25, -0.2) is 9.97 Å². The van der Waals surface area contributed by atoms with E-state index in [1.165, 1.54) is 0 Å². The largest absolute Gasteiger partial charge is 0.316 e. The van der Waals surface area contributed by atoms with Gasteiger partial charge >= 0.3 is 0 Å². The molecule has 0 aliphatic heterocycles. The summed E-state index contributed by atoms with van der Waals surface area (Å²) in [7, 11) is 0. The fraction of sp³-hybridized carbons (Fsp3) is 0. The molecule has 2 aromatic rings. The number of nitrogens with zero attached hydrogens (tertiary/aromatic N) is 2. The molecular formula is C8H6ClN3S. The van der Waals surface area contributed by atoms with Crippen LogP contribution in [-0.4, -0.2) is 9.97 Å². The van der Waals surface area contributed by atoms with Crippen molar-refractivity contribution in [2.75, 3.05) is 5.32 Å². The SMILES string of the molecule is Clc1ccnc(Nc2cccs2)n1. The van der Waals surface area contributed by atoms with Crippen LogP contribution in [0, 0.1) is 0 Å². The molecule has 0 amide bonds. The second kappa shape index (κ2) is 3.72. The predicted molar refractivity (Wildman–Crippen MR) is 54.6 cm³/mol. The number of rotatable bonds is 2. The lowest BCUT2D eigenvalue weighted by atomic mass is 10.6. The Balaban J connectivity index is 2.19. The molecule has 0 radical (unpaired) electrons. The van der Waals surface area contributed by atoms with Crippen LogP contribution in [0.5, 0.6) is 0 Å². The Morgan fingerprint density at radius 3 is 3.00 bits per heavy atom. The molecule has 0 atom stereocenters. The van der Waals surface area contributed by atoms with Crippen LogP contribution in [-0.2, 0) is 0 Å². The highest BCUT2D eigenvalue weighted by Gasteiger charge is 1.97. The number of hydrogen-bond acceptors (Lipinski definition) is 4. The number of anilines is 2. The molecule has 2 heterocycles. The van der Waals surface area contributed by atoms with Gasteiger partial charge in [-0.05, 0) is 23.6 Å². The Morgan fingerprint density at radius 2 is 2.31 bits per heavy atom. The lowest BCUT2D eigenvalue weighted by Crippen LogP contribution is -1.93. The van der Waals surface area contributed by atoms with Crippen molar-refractivity contribution in [3.05, 3.63) is 34.9 Å². The van der Waals surface area contributed by atoms with Crippen LogP contribution in [0.15, 0.2) is 29.8 Å². The van der Waals surface area contributed by atoms with Crippen molar-refractivity contribution in [3.8, 4) is 0 Å². The van der Waals surface area contributed by atoms with E-state index in [0.29, 0.717) is 11.1 Å². The van der Waals surface area contributed by atoms with Crippen LogP contribution in [0.25, 0.3) is 0 Å². The first-order chi connectivity index (χ1) is 6.34. The average Bonchev–Trinajstić information content (AvgIpc) is 2.57. The fourth-order valence-corrected chi connectivity index (χ4v) is 1.60. The van der Waals surface area contributed by atoms with E-state index in [9.17, 15) is 0 Å². The molecule has 3 nitrogen and oxygen atoms in total. The Kier molecular flexibility index (Phi) is 2.42. The van der Waals surface area contributed by atoms with E-state index < -0.39 is 0 Å². The summed E-state index contributed by atoms with van der Waals surface area (Å²) < 4.78 is 0. The summed E-state index contributed by atoms with van der Waals surface area (Å²) >= 11 is 7.29. The van der Waals surface area contributed by atoms with Crippen molar-refractivity contribution in [3.63, 3.8) is 0 Å². The molecule has 2 rings (SSSR count). The lowest BCUT2D eigenvalue weighted by molar-refractivity contribution is 1.17. The number of aromatic nitrogens is 2. The van der Waals surface area contributed by atoms with Crippen molar-refractivity contribution in [1.29, 1.82) is 0 Å². The molecule has 0 aliphatic carbocycles. The summed E-state index contributed by atoms with van der Waals surface area (Å²) in [5.41, 5.74) is 0. The van der Waals surface area contributed by atoms with Crippen LogP contribution >= 0.6 is 22.9 Å². The number of thiophene rings is 1. The third-order valence-electron chi connectivity index (χ3n) is 1.38. The third-order valence-corrected chi connectivity index (χ3v) is 2.37. The molecule has 5 heteroatoms. The zero-order valence-corrected chi connectivity index (χ0v) is 8.14. The molecule has 2 aromatic heterocycles. The lowest BCUT2D eigenvalue weighted by Gasteiger charge is -1.99. The maximum atomic E-state index is 5.70. The zero-order chi connectivity index (χ0) is 9.10. The maximum Gasteiger partial charge on any atom is 0.229 e. The van der Waals surface area contributed by atoms with Crippen molar-refractivity contribution in [2.45, 2.75) is 0 Å². The van der Waals surface area contributed by atoms with Gasteiger partial charge in [0.05, 0.1) is 5.00 Å². The molecule has 0 fully saturated rings. The minimum atomic E-state index is 0.439. The van der Waals surface area contributed by atoms with Crippen LogP contribution in [0.1, 0.15) is 0 Å². The molecular weight excluding hydrogens is 206 g/mol. The molecule has 0 unspecified atom stereocenters. The first kappa shape index (κ1) is 8.47. The number of nitrogens with one attached hydrogen (secondary N) is 1. The summed E-state index contributed by atoms with van der Waals surface area (Å²) in [6, 6.07) is 5.55. The molecule has 0 spiro atoms. The number of hydrogen-bond donors (Lipinski definition) is 1. The predicted octanol–water partition coefficient (Wildman–Crippen LogP) is 2.94. The van der Waals surface area contributed by atoms with Gasteiger partial charge < -0.3 is 5.32 Å². The Hall–Kier alpha value is -1.13. The van der Waals surface area contributed by atoms with E-state index in [2.05, 4.69) is 15.3 Å². The molecule has 1 N–H and O–H groups in total. The van der Waals surface area contributed by atoms with E-state index in [1.807, 2.05) is 17.5 Å². The van der Waals surface area contributed by atoms with Gasteiger partial charge in [-0.2, -0.15) is 0 Å². The van der Waals surface area contributed by atoms with Crippen molar-refractivity contribution in [2.24, 2.45) is 0 Å². The van der Waals surface area contributed by atoms with Gasteiger partial charge in [-0.3, -0.25) is 0 Å². The van der Waals surface area contributed by atoms with Crippen molar-refractivity contribution < 1.29 is 0 Å². The second-order valence-corrected chi connectivity index (χ2v) is 3.64. The van der Waals surface area contributed by atoms with E-state index in [-0.39, 0.29) is 0 Å². The molecule has 0 saturated carbocycles. The van der Waals surface area contributed by atoms with E-state index >= 15 is 0 Å². The average molecular weight is 212 g/mol. The van der Waals surface area contributed by atoms with Gasteiger partial charge in [0.25, 0.3) is 0 Å². The van der Waals surface area contributed by atoms with Gasteiger partial charge in [-0.15, -0.1) is 11.3 Å². The monoisotopic (exact) mass is 211 g/mol. The fourth-order valence-electron chi connectivity index (χ4n) is 0.857. The molecule has 0 bridgehead atoms. The molecule has 0 aromatic carbocycles. The van der Waals surface area contributed by atoms with Gasteiger partial charge in [0.15, 0.2) is 0 Å². The Bertz CT molecular complexity index is 388. The topological polar surface area (TPSA) is 37.8 Å². The van der Waals surface area contributed by atoms with Gasteiger partial charge in [-0.1, -0.05) is 11.6 Å². The highest BCUT2D eigenvalue weighted by atomic mass is 35.5. The van der Waals surface area contributed by atoms with Crippen molar-refractivity contribution >= 4 is 33.9 Å². The van der Waals surface area contributed by atoms with E-state index in [0.717, 1.165) is 5.00 Å². The highest BCUT2D eigenvalue weighted by molar-refractivity contribution is 7.14. The first-order valence-electron chi connectivity index (χ1n) is 3.64. The first-order valence-corrected chi connectivity index (χ1v) is 4.89. The smallest absolute Gasteiger partial charge is 0.229 e. The summed E-state index contributed by atoms with van der Waals surface area (Å²) in [5.74, 6) is 0.523. The van der Waals surface area contributed by atoms with Crippen LogP contribution < -0.4 is 5.32 Å². The molecule has 13 heavy (non-hydrogen) atoms. The van der Waals surface area contributed by atoms with Gasteiger partial charge in [0.2, 0.25) is 5.95 Å². The van der Waals surface area contributed by atoms with Crippen LogP contribution in [0.4, 0.5) is 10.9 Å². The summed E-state index contributed by atoms with van der Waals surface area (Å²) in [6.07, 6.45) is 1.62. The molecule has 0 aliphatic rings. The van der Waals surface area contributed by atoms with E-state index in [4.69, 9.17) is 11.6 Å². The minimum Gasteiger partial charge on any atom is -0.316 e. The van der Waals surface area contributed by atoms with E-state index in [1.54, 1.807) is 23.6 Å². The zero-order valence-electron chi connectivity index (χ0n) is 6.57. The van der Waals surface area contributed by atoms with Crippen LogP contribution in [0.2, 0.25) is 5.15 Å². The minimum absolute atomic E-state index is 0.439. The Morgan fingerprint density at radius 1 is 1.38 bits per heavy atom. The normalized spacial score (nSPS) is 9.92. The molecule has 0 saturated heterocycles. The summed E-state index contributed by atoms with van der Waals surface area (Å²) in [5, 5.41) is 6.46. The second-order valence-electron chi connectivity index (χ2n) is 2.31. The van der Waals surface area contributed by atoms with Gasteiger partial charge in [0.1, 0.15) is 5.15 Å². The quantitative estimate of drug-likeness (QED) is 0.777. The third kappa shape index (κ3) is 2.17. The highest BCUT2D eigenvalue weighted by Crippen LogP contribution is 2.19. The molecule has 66 valence electrons. The standard InChI is InChI=1S/C8H6ClN3S/c9-6-3-4-10-8(11-6)12-7-2-1-5-13-7/h1-5H,(H,10,11,12). The van der Waals surface area contributed by atoms with Gasteiger partial charge in [0, 0.05) is 6.20 Å². The summed E-state index contributed by atoms with van der Waals surface area (Å²) in [4.78, 5) is 8.01. The number of halogens is 1. The summed E-state index contributed by atoms with van der Waals surface area (Å²) in [6.45, 7) is 0. The Labute approximate surface area is 84.4 Å². The van der Waals surface area contributed by atoms with Crippen molar-refractivity contribution in [1.82, 2.24) is 9.97 Å².